The molecule has 30 heavy (non-hydrogen) atoms. The summed E-state index contributed by atoms with van der Waals surface area (Å²) in [7, 11) is 0. The van der Waals surface area contributed by atoms with Crippen molar-refractivity contribution >= 4 is 39.2 Å². The van der Waals surface area contributed by atoms with Gasteiger partial charge in [0.2, 0.25) is 5.95 Å². The van der Waals surface area contributed by atoms with Crippen LogP contribution in [0.15, 0.2) is 83.3 Å². The molecule has 4 aromatic rings. The molecule has 0 fully saturated rings. The van der Waals surface area contributed by atoms with E-state index in [2.05, 4.69) is 27.3 Å². The summed E-state index contributed by atoms with van der Waals surface area (Å²) in [6.45, 7) is 0. The molecule has 1 aliphatic heterocycles. The fraction of sp³-hybridized carbons (Fsp3) is 0.0435. The third-order valence-electron chi connectivity index (χ3n) is 4.93. The number of halogens is 3. The number of hydrogen-bond donors (Lipinski definition) is 1. The minimum atomic E-state index is -0.273. The van der Waals surface area contributed by atoms with Crippen molar-refractivity contribution in [1.29, 1.82) is 0 Å². The average molecular weight is 482 g/mol. The molecule has 0 saturated carbocycles. The molecule has 0 aliphatic carbocycles. The monoisotopic (exact) mass is 480 g/mol. The Labute approximate surface area is 186 Å². The molecule has 2 heterocycles. The minimum absolute atomic E-state index is 0.228. The van der Waals surface area contributed by atoms with E-state index in [4.69, 9.17) is 21.7 Å². The standard InChI is InChI=1S/C23H15BrClFN4/c24-17-7-1-14(2-8-17)20-13-21(15-5-11-19(26)12-6-15)30-23(27-20)28-22(29-30)16-3-9-18(25)10-4-16/h1-13,21H,(H,27,28,29)/t21-/m1/s1. The van der Waals surface area contributed by atoms with E-state index in [-0.39, 0.29) is 11.9 Å². The van der Waals surface area contributed by atoms with E-state index >= 15 is 0 Å². The van der Waals surface area contributed by atoms with Gasteiger partial charge in [-0.25, -0.2) is 9.07 Å². The van der Waals surface area contributed by atoms with E-state index in [1.165, 1.54) is 12.1 Å². The van der Waals surface area contributed by atoms with Gasteiger partial charge >= 0.3 is 0 Å². The number of benzene rings is 3. The van der Waals surface area contributed by atoms with E-state index in [0.29, 0.717) is 16.8 Å². The van der Waals surface area contributed by atoms with E-state index in [1.54, 1.807) is 12.1 Å². The Morgan fingerprint density at radius 3 is 2.27 bits per heavy atom. The molecule has 0 bridgehead atoms. The second-order valence-electron chi connectivity index (χ2n) is 6.92. The molecule has 0 saturated heterocycles. The molecule has 4 nitrogen and oxygen atoms in total. The summed E-state index contributed by atoms with van der Waals surface area (Å²) in [5.41, 5.74) is 3.72. The lowest BCUT2D eigenvalue weighted by atomic mass is 10.0. The van der Waals surface area contributed by atoms with Gasteiger partial charge in [0, 0.05) is 20.8 Å². The largest absolute Gasteiger partial charge is 0.324 e. The molecule has 148 valence electrons. The highest BCUT2D eigenvalue weighted by Gasteiger charge is 2.25. The quantitative estimate of drug-likeness (QED) is 0.360. The number of nitrogens with one attached hydrogen (secondary N) is 1. The van der Waals surface area contributed by atoms with Crippen LogP contribution in [0.25, 0.3) is 17.1 Å². The molecule has 0 spiro atoms. The van der Waals surface area contributed by atoms with Gasteiger partial charge in [0.25, 0.3) is 0 Å². The van der Waals surface area contributed by atoms with Crippen molar-refractivity contribution in [2.45, 2.75) is 6.04 Å². The molecule has 0 unspecified atom stereocenters. The van der Waals surface area contributed by atoms with Gasteiger partial charge in [-0.3, -0.25) is 0 Å². The molecular weight excluding hydrogens is 467 g/mol. The predicted molar refractivity (Wildman–Crippen MR) is 121 cm³/mol. The first kappa shape index (κ1) is 19.0. The maximum atomic E-state index is 13.5. The van der Waals surface area contributed by atoms with Gasteiger partial charge in [-0.15, -0.1) is 5.10 Å². The number of aromatic nitrogens is 3. The van der Waals surface area contributed by atoms with Crippen LogP contribution in [0.1, 0.15) is 17.2 Å². The Morgan fingerprint density at radius 2 is 1.57 bits per heavy atom. The molecule has 1 aliphatic rings. The van der Waals surface area contributed by atoms with Gasteiger partial charge < -0.3 is 5.32 Å². The molecule has 7 heteroatoms. The molecule has 5 rings (SSSR count). The van der Waals surface area contributed by atoms with Crippen LogP contribution in [0.2, 0.25) is 5.02 Å². The SMILES string of the molecule is Fc1ccc([C@H]2C=C(c3ccc(Br)cc3)Nc3nc(-c4ccc(Cl)cc4)nn32)cc1. The fourth-order valence-corrected chi connectivity index (χ4v) is 3.80. The van der Waals surface area contributed by atoms with Crippen LogP contribution >= 0.6 is 27.5 Å². The molecule has 0 amide bonds. The number of hydrogen-bond acceptors (Lipinski definition) is 3. The molecular formula is C23H15BrClFN4. The summed E-state index contributed by atoms with van der Waals surface area (Å²) >= 11 is 9.49. The van der Waals surface area contributed by atoms with Crippen molar-refractivity contribution in [3.05, 3.63) is 105 Å². The van der Waals surface area contributed by atoms with Gasteiger partial charge in [0.15, 0.2) is 5.82 Å². The van der Waals surface area contributed by atoms with Gasteiger partial charge in [-0.1, -0.05) is 51.8 Å². The van der Waals surface area contributed by atoms with Crippen LogP contribution in [0.5, 0.6) is 0 Å². The van der Waals surface area contributed by atoms with Crippen LogP contribution in [0, 0.1) is 5.82 Å². The van der Waals surface area contributed by atoms with Crippen molar-refractivity contribution in [3.8, 4) is 11.4 Å². The molecule has 0 radical (unpaired) electrons. The first-order valence-electron chi connectivity index (χ1n) is 9.29. The second-order valence-corrected chi connectivity index (χ2v) is 8.27. The number of anilines is 1. The lowest BCUT2D eigenvalue weighted by Crippen LogP contribution is -2.20. The zero-order valence-electron chi connectivity index (χ0n) is 15.6. The van der Waals surface area contributed by atoms with Crippen LogP contribution in [0.4, 0.5) is 10.3 Å². The zero-order valence-corrected chi connectivity index (χ0v) is 17.9. The van der Waals surface area contributed by atoms with Crippen LogP contribution in [-0.2, 0) is 0 Å². The first-order chi connectivity index (χ1) is 14.6. The Balaban J connectivity index is 1.61. The zero-order chi connectivity index (χ0) is 20.7. The first-order valence-corrected chi connectivity index (χ1v) is 10.5. The number of rotatable bonds is 3. The van der Waals surface area contributed by atoms with Crippen LogP contribution in [0.3, 0.4) is 0 Å². The number of nitrogens with zero attached hydrogens (tertiary/aromatic N) is 3. The molecule has 1 aromatic heterocycles. The highest BCUT2D eigenvalue weighted by Crippen LogP contribution is 2.34. The predicted octanol–water partition coefficient (Wildman–Crippen LogP) is 6.56. The minimum Gasteiger partial charge on any atom is -0.324 e. The van der Waals surface area contributed by atoms with Gasteiger partial charge in [-0.2, -0.15) is 4.98 Å². The van der Waals surface area contributed by atoms with E-state index in [1.807, 2.05) is 53.2 Å². The van der Waals surface area contributed by atoms with Gasteiger partial charge in [-0.05, 0) is 65.7 Å². The van der Waals surface area contributed by atoms with E-state index in [9.17, 15) is 4.39 Å². The Hall–Kier alpha value is -2.96. The summed E-state index contributed by atoms with van der Waals surface area (Å²) in [6.07, 6.45) is 2.07. The lowest BCUT2D eigenvalue weighted by Gasteiger charge is -2.24. The maximum Gasteiger partial charge on any atom is 0.227 e. The third-order valence-corrected chi connectivity index (χ3v) is 5.72. The van der Waals surface area contributed by atoms with Crippen LogP contribution in [-0.4, -0.2) is 14.8 Å². The molecule has 1 N–H and O–H groups in total. The van der Waals surface area contributed by atoms with Gasteiger partial charge in [0.1, 0.15) is 11.9 Å². The van der Waals surface area contributed by atoms with Gasteiger partial charge in [0.05, 0.1) is 0 Å². The summed E-state index contributed by atoms with van der Waals surface area (Å²) in [4.78, 5) is 4.71. The van der Waals surface area contributed by atoms with E-state index in [0.717, 1.165) is 26.9 Å². The highest BCUT2D eigenvalue weighted by atomic mass is 79.9. The lowest BCUT2D eigenvalue weighted by molar-refractivity contribution is 0.604. The Bertz CT molecular complexity index is 1230. The Morgan fingerprint density at radius 1 is 0.900 bits per heavy atom. The topological polar surface area (TPSA) is 42.7 Å². The molecule has 1 atom stereocenters. The highest BCUT2D eigenvalue weighted by molar-refractivity contribution is 9.10. The van der Waals surface area contributed by atoms with E-state index < -0.39 is 0 Å². The molecule has 3 aromatic carbocycles. The third kappa shape index (κ3) is 3.64. The number of fused-ring (bicyclic) bond motifs is 1. The summed E-state index contributed by atoms with van der Waals surface area (Å²) in [6, 6.07) is 21.7. The van der Waals surface area contributed by atoms with Crippen LogP contribution < -0.4 is 5.32 Å². The van der Waals surface area contributed by atoms with Crippen molar-refractivity contribution in [2.24, 2.45) is 0 Å². The maximum absolute atomic E-state index is 13.5. The summed E-state index contributed by atoms with van der Waals surface area (Å²) in [5, 5.41) is 8.76. The van der Waals surface area contributed by atoms with Crippen molar-refractivity contribution < 1.29 is 4.39 Å². The fourth-order valence-electron chi connectivity index (χ4n) is 3.41. The summed E-state index contributed by atoms with van der Waals surface area (Å²) < 4.78 is 16.3. The second kappa shape index (κ2) is 7.70. The number of allylic oxidation sites excluding steroid dienone is 1. The smallest absolute Gasteiger partial charge is 0.227 e. The normalized spacial score (nSPS) is 15.3. The van der Waals surface area contributed by atoms with Crippen molar-refractivity contribution in [1.82, 2.24) is 14.8 Å². The van der Waals surface area contributed by atoms with Crippen molar-refractivity contribution in [3.63, 3.8) is 0 Å². The Kier molecular flexibility index (Phi) is 4.89. The average Bonchev–Trinajstić information content (AvgIpc) is 3.19. The van der Waals surface area contributed by atoms with Crippen molar-refractivity contribution in [2.75, 3.05) is 5.32 Å². The summed E-state index contributed by atoms with van der Waals surface area (Å²) in [5.74, 6) is 0.937.